The Morgan fingerprint density at radius 2 is 1.10 bits per heavy atom. The smallest absolute Gasteiger partial charge is 1.00 e. The first-order chi connectivity index (χ1) is 13.2. The fourth-order valence-corrected chi connectivity index (χ4v) is 8.10. The van der Waals surface area contributed by atoms with Crippen LogP contribution in [0.15, 0.2) is 76.7 Å². The van der Waals surface area contributed by atoms with Crippen molar-refractivity contribution in [1.29, 1.82) is 0 Å². The predicted molar refractivity (Wildman–Crippen MR) is 128 cm³/mol. The number of thiophene rings is 2. The summed E-state index contributed by atoms with van der Waals surface area (Å²) in [5, 5.41) is 9.91. The van der Waals surface area contributed by atoms with Crippen molar-refractivity contribution in [3.8, 4) is 22.3 Å². The molecule has 0 bridgehead atoms. The molecule has 0 aromatic heterocycles. The summed E-state index contributed by atoms with van der Waals surface area (Å²) in [4.78, 5) is 0. The van der Waals surface area contributed by atoms with E-state index in [2.05, 4.69) is 91.2 Å². The third-order valence-electron chi connectivity index (χ3n) is 4.98. The number of benzene rings is 2. The molecule has 0 fully saturated rings. The summed E-state index contributed by atoms with van der Waals surface area (Å²) in [6.07, 6.45) is 0. The van der Waals surface area contributed by atoms with Crippen LogP contribution in [0.1, 0.15) is 0 Å². The summed E-state index contributed by atoms with van der Waals surface area (Å²) >= 11 is 12.8. The van der Waals surface area contributed by atoms with E-state index in [-0.39, 0.29) is 51.0 Å². The monoisotopic (exact) mass is 688 g/mol. The zero-order valence-electron chi connectivity index (χ0n) is 15.0. The molecule has 8 heteroatoms. The first-order valence-corrected chi connectivity index (χ1v) is 12.5. The fraction of sp³-hybridized carbons (Fsp3) is 0. The topological polar surface area (TPSA) is 0 Å². The second-order valence-electron chi connectivity index (χ2n) is 6.55. The molecule has 6 rings (SSSR count). The zero-order chi connectivity index (χ0) is 18.1. The number of hydrogen-bond donors (Lipinski definition) is 0. The number of halogens is 4. The zero-order valence-corrected chi connectivity index (χ0v) is 24.6. The van der Waals surface area contributed by atoms with Crippen LogP contribution in [0.3, 0.4) is 0 Å². The minimum atomic E-state index is 0. The second kappa shape index (κ2) is 9.69. The molecule has 0 unspecified atom stereocenters. The first-order valence-electron chi connectivity index (χ1n) is 8.37. The molecule has 2 aromatic rings. The van der Waals surface area contributed by atoms with Crippen molar-refractivity contribution in [1.82, 2.24) is 0 Å². The molecule has 30 heavy (non-hydrogen) atoms. The van der Waals surface area contributed by atoms with Gasteiger partial charge < -0.3 is 24.8 Å². The number of rotatable bonds is 2. The SMILES string of the molecule is Brc1ccc2c3[cH-]sc(Sc4s[cH-]c5c6ccc(Br)cc6cc4-5)c-3cc2c1.[Cl-].[Cl-].[Zr+4]. The van der Waals surface area contributed by atoms with Crippen LogP contribution in [0.25, 0.3) is 43.8 Å². The van der Waals surface area contributed by atoms with Gasteiger partial charge in [-0.3, -0.25) is 0 Å². The molecule has 0 spiro atoms. The van der Waals surface area contributed by atoms with Crippen LogP contribution in [0, 0.1) is 0 Å². The Balaban J connectivity index is 0.000000853. The standard InChI is InChI=1S/C22H10Br2S3.2ClH.Zr/c23-13-1-3-15-11(5-13)7-17-19(15)9-25-21(17)27-22-18-8-12-6-14(24)2-4-16(12)20(18)10-26-22;;;/h1-10H;2*1H;/q-2;;;+4/p-2. The summed E-state index contributed by atoms with van der Waals surface area (Å²) in [5.74, 6) is 0. The van der Waals surface area contributed by atoms with E-state index < -0.39 is 0 Å². The van der Waals surface area contributed by atoms with Crippen molar-refractivity contribution in [3.05, 3.63) is 68.2 Å². The van der Waals surface area contributed by atoms with Crippen LogP contribution in [-0.2, 0) is 26.2 Å². The second-order valence-corrected chi connectivity index (χ2v) is 11.7. The Morgan fingerprint density at radius 1 is 0.667 bits per heavy atom. The van der Waals surface area contributed by atoms with E-state index in [4.69, 9.17) is 0 Å². The van der Waals surface area contributed by atoms with Gasteiger partial charge in [0.1, 0.15) is 0 Å². The molecule has 0 nitrogen and oxygen atoms in total. The third kappa shape index (κ3) is 4.05. The van der Waals surface area contributed by atoms with Gasteiger partial charge in [-0.05, 0) is 0 Å². The van der Waals surface area contributed by atoms with Crippen molar-refractivity contribution in [2.24, 2.45) is 0 Å². The normalized spacial score (nSPS) is 11.0. The van der Waals surface area contributed by atoms with E-state index >= 15 is 0 Å². The van der Waals surface area contributed by atoms with Gasteiger partial charge in [-0.1, -0.05) is 109 Å². The van der Waals surface area contributed by atoms with E-state index in [1.807, 2.05) is 34.4 Å². The average Bonchev–Trinajstić information content (AvgIpc) is 3.36. The van der Waals surface area contributed by atoms with E-state index in [0.29, 0.717) is 0 Å². The Bertz CT molecular complexity index is 1290. The maximum atomic E-state index is 3.59. The van der Waals surface area contributed by atoms with Gasteiger partial charge in [-0.2, -0.15) is 11.8 Å². The predicted octanol–water partition coefficient (Wildman–Crippen LogP) is 3.45. The van der Waals surface area contributed by atoms with Gasteiger partial charge in [0.15, 0.2) is 0 Å². The minimum absolute atomic E-state index is 0. The minimum Gasteiger partial charge on any atom is -1.00 e. The quantitative estimate of drug-likeness (QED) is 0.251. The van der Waals surface area contributed by atoms with Gasteiger partial charge in [-0.25, -0.2) is 22.7 Å². The van der Waals surface area contributed by atoms with E-state index in [1.165, 1.54) is 52.2 Å². The maximum absolute atomic E-state index is 3.59. The molecule has 0 saturated heterocycles. The molecule has 4 aliphatic rings. The number of fused-ring (bicyclic) bond motifs is 6. The summed E-state index contributed by atoms with van der Waals surface area (Å²) in [5.41, 5.74) is 5.49. The third-order valence-corrected chi connectivity index (χ3v) is 9.43. The Hall–Kier alpha value is 0.353. The van der Waals surface area contributed by atoms with Crippen molar-refractivity contribution in [2.75, 3.05) is 0 Å². The van der Waals surface area contributed by atoms with Gasteiger partial charge in [0.2, 0.25) is 0 Å². The molecule has 0 N–H and O–H groups in total. The molecule has 148 valence electrons. The van der Waals surface area contributed by atoms with Crippen molar-refractivity contribution in [2.45, 2.75) is 8.42 Å². The van der Waals surface area contributed by atoms with E-state index in [0.717, 1.165) is 8.95 Å². The molecule has 0 amide bonds. The van der Waals surface area contributed by atoms with Crippen molar-refractivity contribution < 1.29 is 51.0 Å². The van der Waals surface area contributed by atoms with Crippen LogP contribution in [0.2, 0.25) is 0 Å². The van der Waals surface area contributed by atoms with Gasteiger partial charge in [0, 0.05) is 8.95 Å². The summed E-state index contributed by atoms with van der Waals surface area (Å²) in [6.45, 7) is 0. The van der Waals surface area contributed by atoms with Crippen LogP contribution in [0.5, 0.6) is 0 Å². The van der Waals surface area contributed by atoms with Crippen molar-refractivity contribution in [3.63, 3.8) is 0 Å². The van der Waals surface area contributed by atoms with E-state index in [1.54, 1.807) is 0 Å². The van der Waals surface area contributed by atoms with Crippen LogP contribution >= 0.6 is 66.3 Å². The van der Waals surface area contributed by atoms with Gasteiger partial charge >= 0.3 is 26.2 Å². The fourth-order valence-electron chi connectivity index (χ4n) is 3.74. The molecular weight excluding hydrogens is 682 g/mol. The van der Waals surface area contributed by atoms with Gasteiger partial charge in [0.05, 0.1) is 0 Å². The summed E-state index contributed by atoms with van der Waals surface area (Å²) in [7, 11) is 0. The van der Waals surface area contributed by atoms with Crippen molar-refractivity contribution >= 4 is 87.8 Å². The Morgan fingerprint density at radius 3 is 1.53 bits per heavy atom. The molecule has 0 atom stereocenters. The molecule has 0 radical (unpaired) electrons. The van der Waals surface area contributed by atoms with Crippen LogP contribution in [-0.4, -0.2) is 0 Å². The van der Waals surface area contributed by atoms with Crippen LogP contribution < -0.4 is 24.8 Å². The molecule has 2 aliphatic heterocycles. The van der Waals surface area contributed by atoms with Gasteiger partial charge in [0.25, 0.3) is 0 Å². The van der Waals surface area contributed by atoms with Crippen LogP contribution in [0.4, 0.5) is 0 Å². The molecule has 2 aliphatic carbocycles. The first kappa shape index (κ1) is 25.0. The number of hydrogen-bond acceptors (Lipinski definition) is 3. The molecule has 0 saturated carbocycles. The molecule has 2 heterocycles. The maximum Gasteiger partial charge on any atom is 4.00 e. The largest absolute Gasteiger partial charge is 4.00 e. The Labute approximate surface area is 235 Å². The van der Waals surface area contributed by atoms with E-state index in [9.17, 15) is 0 Å². The summed E-state index contributed by atoms with van der Waals surface area (Å²) < 4.78 is 5.03. The van der Waals surface area contributed by atoms with Gasteiger partial charge in [-0.15, -0.1) is 34.4 Å². The molecular formula is C22H10Br2Cl2S3Zr. The Kier molecular flexibility index (Phi) is 8.07. The molecule has 2 aromatic carbocycles. The summed E-state index contributed by atoms with van der Waals surface area (Å²) in [6, 6.07) is 17.8. The average molecular weight is 692 g/mol.